The van der Waals surface area contributed by atoms with Gasteiger partial charge >= 0.3 is 5.97 Å². The Morgan fingerprint density at radius 3 is 2.30 bits per heavy atom. The van der Waals surface area contributed by atoms with Crippen LogP contribution < -0.4 is 0 Å². The van der Waals surface area contributed by atoms with Crippen LogP contribution in [-0.2, 0) is 14.9 Å². The lowest BCUT2D eigenvalue weighted by Crippen LogP contribution is -2.53. The van der Waals surface area contributed by atoms with Gasteiger partial charge in [0.15, 0.2) is 0 Å². The molecule has 0 spiro atoms. The molecule has 0 aromatic heterocycles. The number of piperidine rings is 3. The van der Waals surface area contributed by atoms with Gasteiger partial charge in [0.05, 0.1) is 5.41 Å². The van der Waals surface area contributed by atoms with E-state index in [-0.39, 0.29) is 29.9 Å². The molecule has 3 heterocycles. The summed E-state index contributed by atoms with van der Waals surface area (Å²) in [5.74, 6) is 0.623. The van der Waals surface area contributed by atoms with Crippen LogP contribution in [0.15, 0.2) is 30.3 Å². The van der Waals surface area contributed by atoms with Gasteiger partial charge in [-0.25, -0.2) is 0 Å². The molecule has 3 nitrogen and oxygen atoms in total. The summed E-state index contributed by atoms with van der Waals surface area (Å²) in [6.45, 7) is 3.31. The first-order valence-electron chi connectivity index (χ1n) is 8.77. The molecule has 1 aromatic carbocycles. The van der Waals surface area contributed by atoms with Gasteiger partial charge in [0.2, 0.25) is 0 Å². The van der Waals surface area contributed by atoms with Gasteiger partial charge in [0, 0.05) is 6.54 Å². The second kappa shape index (κ2) is 6.82. The summed E-state index contributed by atoms with van der Waals surface area (Å²) in [6.07, 6.45) is 6.64. The Bertz CT molecular complexity index is 534. The Morgan fingerprint density at radius 1 is 1.09 bits per heavy atom. The molecule has 3 aliphatic heterocycles. The zero-order chi connectivity index (χ0) is 15.0. The van der Waals surface area contributed by atoms with E-state index in [9.17, 15) is 4.79 Å². The molecular weight excluding hydrogens is 310 g/mol. The van der Waals surface area contributed by atoms with Crippen LogP contribution >= 0.6 is 12.4 Å². The van der Waals surface area contributed by atoms with Gasteiger partial charge in [-0.1, -0.05) is 43.2 Å². The van der Waals surface area contributed by atoms with Crippen molar-refractivity contribution in [2.24, 2.45) is 5.92 Å². The van der Waals surface area contributed by atoms with Crippen molar-refractivity contribution in [3.63, 3.8) is 0 Å². The van der Waals surface area contributed by atoms with Crippen LogP contribution in [0.25, 0.3) is 0 Å². The van der Waals surface area contributed by atoms with Crippen LogP contribution in [0.2, 0.25) is 0 Å². The Morgan fingerprint density at radius 2 is 1.74 bits per heavy atom. The molecule has 4 heteroatoms. The summed E-state index contributed by atoms with van der Waals surface area (Å²) in [7, 11) is 0. The highest BCUT2D eigenvalue weighted by atomic mass is 35.5. The summed E-state index contributed by atoms with van der Waals surface area (Å²) >= 11 is 0. The third kappa shape index (κ3) is 3.01. The predicted molar refractivity (Wildman–Crippen MR) is 92.9 cm³/mol. The van der Waals surface area contributed by atoms with Gasteiger partial charge in [-0.3, -0.25) is 9.69 Å². The molecule has 0 radical (unpaired) electrons. The van der Waals surface area contributed by atoms with Gasteiger partial charge < -0.3 is 4.74 Å². The molecule has 1 aromatic rings. The predicted octanol–water partition coefficient (Wildman–Crippen LogP) is 3.56. The monoisotopic (exact) mass is 335 g/mol. The van der Waals surface area contributed by atoms with E-state index in [2.05, 4.69) is 17.0 Å². The van der Waals surface area contributed by atoms with E-state index in [1.165, 1.54) is 25.9 Å². The fraction of sp³-hybridized carbons (Fsp3) is 0.632. The zero-order valence-electron chi connectivity index (χ0n) is 13.6. The number of ether oxygens (including phenoxy) is 1. The lowest BCUT2D eigenvalue weighted by Gasteiger charge is -2.45. The van der Waals surface area contributed by atoms with E-state index < -0.39 is 0 Å². The molecular formula is C19H26ClNO2. The number of nitrogens with zero attached hydrogens (tertiary/aromatic N) is 1. The van der Waals surface area contributed by atoms with Crippen LogP contribution in [0.5, 0.6) is 0 Å². The van der Waals surface area contributed by atoms with Gasteiger partial charge in [-0.05, 0) is 50.3 Å². The number of hydrogen-bond acceptors (Lipinski definition) is 3. The van der Waals surface area contributed by atoms with Crippen molar-refractivity contribution in [2.45, 2.75) is 50.0 Å². The minimum absolute atomic E-state index is 0. The molecule has 4 fully saturated rings. The molecule has 5 rings (SSSR count). The highest BCUT2D eigenvalue weighted by molar-refractivity contribution is 5.85. The van der Waals surface area contributed by atoms with Crippen molar-refractivity contribution in [1.82, 2.24) is 4.90 Å². The summed E-state index contributed by atoms with van der Waals surface area (Å²) in [5.41, 5.74) is 0.770. The second-order valence-corrected chi connectivity index (χ2v) is 7.24. The third-order valence-electron chi connectivity index (χ3n) is 6.03. The zero-order valence-corrected chi connectivity index (χ0v) is 14.4. The molecule has 126 valence electrons. The van der Waals surface area contributed by atoms with Crippen LogP contribution in [0.1, 0.15) is 44.1 Å². The average molecular weight is 336 g/mol. The van der Waals surface area contributed by atoms with Crippen molar-refractivity contribution in [3.05, 3.63) is 35.9 Å². The lowest BCUT2D eigenvalue weighted by atomic mass is 9.78. The van der Waals surface area contributed by atoms with E-state index in [1.807, 2.05) is 18.2 Å². The third-order valence-corrected chi connectivity index (χ3v) is 6.03. The average Bonchev–Trinajstić information content (AvgIpc) is 3.08. The fourth-order valence-corrected chi connectivity index (χ4v) is 4.64. The number of hydrogen-bond donors (Lipinski definition) is 0. The Balaban J connectivity index is 0.00000156. The van der Waals surface area contributed by atoms with E-state index in [4.69, 9.17) is 4.74 Å². The van der Waals surface area contributed by atoms with Gasteiger partial charge in [0.25, 0.3) is 0 Å². The number of benzene rings is 1. The van der Waals surface area contributed by atoms with Crippen LogP contribution in [-0.4, -0.2) is 36.6 Å². The van der Waals surface area contributed by atoms with Crippen LogP contribution in [0.3, 0.4) is 0 Å². The van der Waals surface area contributed by atoms with Gasteiger partial charge in [0.1, 0.15) is 6.10 Å². The number of esters is 1. The molecule has 0 amide bonds. The van der Waals surface area contributed by atoms with E-state index in [1.54, 1.807) is 0 Å². The maximum atomic E-state index is 13.1. The molecule has 1 unspecified atom stereocenters. The first-order valence-corrected chi connectivity index (χ1v) is 8.77. The van der Waals surface area contributed by atoms with Crippen LogP contribution in [0.4, 0.5) is 0 Å². The number of carbonyl (C=O) groups is 1. The number of rotatable bonds is 3. The smallest absolute Gasteiger partial charge is 0.316 e. The molecule has 2 bridgehead atoms. The quantitative estimate of drug-likeness (QED) is 0.791. The number of halogens is 1. The van der Waals surface area contributed by atoms with E-state index in [0.717, 1.165) is 37.8 Å². The number of carbonyl (C=O) groups excluding carboxylic acids is 1. The molecule has 3 saturated heterocycles. The molecule has 0 N–H and O–H groups in total. The van der Waals surface area contributed by atoms with Crippen molar-refractivity contribution >= 4 is 18.4 Å². The first kappa shape index (κ1) is 16.8. The summed E-state index contributed by atoms with van der Waals surface area (Å²) in [4.78, 5) is 15.5. The summed E-state index contributed by atoms with van der Waals surface area (Å²) in [5, 5.41) is 0. The van der Waals surface area contributed by atoms with Crippen molar-refractivity contribution in [1.29, 1.82) is 0 Å². The highest BCUT2D eigenvalue weighted by Gasteiger charge is 2.46. The second-order valence-electron chi connectivity index (χ2n) is 7.24. The minimum Gasteiger partial charge on any atom is -0.460 e. The van der Waals surface area contributed by atoms with Crippen molar-refractivity contribution < 1.29 is 9.53 Å². The first-order chi connectivity index (χ1) is 10.8. The Labute approximate surface area is 144 Å². The van der Waals surface area contributed by atoms with Crippen molar-refractivity contribution in [3.8, 4) is 0 Å². The summed E-state index contributed by atoms with van der Waals surface area (Å²) in [6, 6.07) is 10.3. The van der Waals surface area contributed by atoms with E-state index >= 15 is 0 Å². The normalized spacial score (nSPS) is 31.4. The molecule has 23 heavy (non-hydrogen) atoms. The Hall–Kier alpha value is -1.06. The fourth-order valence-electron chi connectivity index (χ4n) is 4.64. The SMILES string of the molecule is Cl.O=C(OC1CN2CCC1CC2)C1(c2ccccc2)CCCC1. The number of fused-ring (bicyclic) bond motifs is 3. The Kier molecular flexibility index (Phi) is 4.98. The summed E-state index contributed by atoms with van der Waals surface area (Å²) < 4.78 is 6.09. The topological polar surface area (TPSA) is 29.5 Å². The standard InChI is InChI=1S/C19H25NO2.ClH/c21-18(22-17-14-20-12-8-15(17)9-13-20)19(10-4-5-11-19)16-6-2-1-3-7-16;/h1-3,6-7,15,17H,4-5,8-14H2;1H. The highest BCUT2D eigenvalue weighted by Crippen LogP contribution is 2.43. The lowest BCUT2D eigenvalue weighted by molar-refractivity contribution is -0.165. The molecule has 1 saturated carbocycles. The van der Waals surface area contributed by atoms with E-state index in [0.29, 0.717) is 5.92 Å². The maximum Gasteiger partial charge on any atom is 0.316 e. The van der Waals surface area contributed by atoms with Gasteiger partial charge in [-0.2, -0.15) is 0 Å². The molecule has 1 aliphatic carbocycles. The van der Waals surface area contributed by atoms with Gasteiger partial charge in [-0.15, -0.1) is 12.4 Å². The maximum absolute atomic E-state index is 13.1. The van der Waals surface area contributed by atoms with Crippen LogP contribution in [0, 0.1) is 5.92 Å². The minimum atomic E-state index is -0.382. The largest absolute Gasteiger partial charge is 0.460 e. The molecule has 4 aliphatic rings. The van der Waals surface area contributed by atoms with Crippen molar-refractivity contribution in [2.75, 3.05) is 19.6 Å². The molecule has 1 atom stereocenters.